The Labute approximate surface area is 204 Å². The van der Waals surface area contributed by atoms with E-state index in [1.54, 1.807) is 24.3 Å². The number of fused-ring (bicyclic) bond motifs is 1. The zero-order valence-corrected chi connectivity index (χ0v) is 20.2. The van der Waals surface area contributed by atoms with Crippen LogP contribution in [0.15, 0.2) is 94.5 Å². The molecule has 3 aromatic carbocycles. The first kappa shape index (κ1) is 24.2. The lowest BCUT2D eigenvalue weighted by molar-refractivity contribution is -0.122. The molecule has 0 spiro atoms. The molecule has 0 aliphatic carbocycles. The summed E-state index contributed by atoms with van der Waals surface area (Å²) in [5.41, 5.74) is 1.69. The normalized spacial score (nSPS) is 12.9. The van der Waals surface area contributed by atoms with E-state index < -0.39 is 0 Å². The highest BCUT2D eigenvalue weighted by Crippen LogP contribution is 2.11. The number of aromatic nitrogens is 2. The largest absolute Gasteiger partial charge is 0.352 e. The molecular formula is C29H31N3O3. The predicted molar refractivity (Wildman–Crippen MR) is 140 cm³/mol. The number of hydrogen-bond acceptors (Lipinski definition) is 3. The quantitative estimate of drug-likeness (QED) is 0.405. The second-order valence-corrected chi connectivity index (χ2v) is 9.25. The molecule has 0 aliphatic rings. The Bertz CT molecular complexity index is 1410. The lowest BCUT2D eigenvalue weighted by Gasteiger charge is -2.21. The summed E-state index contributed by atoms with van der Waals surface area (Å²) in [6.45, 7) is 4.10. The number of nitrogens with zero attached hydrogens (tertiary/aromatic N) is 2. The minimum Gasteiger partial charge on any atom is -0.352 e. The molecule has 4 aromatic rings. The van der Waals surface area contributed by atoms with Crippen LogP contribution in [0.2, 0.25) is 0 Å². The molecule has 2 atom stereocenters. The number of amides is 1. The minimum atomic E-state index is -0.335. The van der Waals surface area contributed by atoms with Crippen molar-refractivity contribution in [2.45, 2.75) is 45.8 Å². The van der Waals surface area contributed by atoms with Crippen LogP contribution in [0.5, 0.6) is 0 Å². The molecule has 1 amide bonds. The number of hydrogen-bond donors (Lipinski definition) is 1. The lowest BCUT2D eigenvalue weighted by Crippen LogP contribution is -2.45. The standard InChI is InChI=1S/C29H31N3O3/c1-21(17-23-11-5-3-6-12-23)19-31-28(34)25-15-9-10-16-26(25)29(35)32(31)20-27(33)30-22(2)18-24-13-7-4-8-14-24/h3-16,21-22H,17-20H2,1-2H3,(H,30,33)/t21?,22-/m1/s1. The summed E-state index contributed by atoms with van der Waals surface area (Å²) in [5.74, 6) is -0.211. The van der Waals surface area contributed by atoms with Gasteiger partial charge in [-0.25, -0.2) is 9.36 Å². The zero-order valence-electron chi connectivity index (χ0n) is 20.2. The molecule has 1 N–H and O–H groups in total. The van der Waals surface area contributed by atoms with Crippen LogP contribution < -0.4 is 16.4 Å². The molecule has 0 saturated heterocycles. The van der Waals surface area contributed by atoms with Crippen molar-refractivity contribution in [1.82, 2.24) is 14.7 Å². The Morgan fingerprint density at radius 1 is 0.714 bits per heavy atom. The maximum atomic E-state index is 13.4. The SMILES string of the molecule is CC(Cc1ccccc1)Cn1c(=O)c2ccccc2c(=O)n1CC(=O)N[C@H](C)Cc1ccccc1. The van der Waals surface area contributed by atoms with E-state index in [4.69, 9.17) is 0 Å². The molecule has 1 aromatic heterocycles. The van der Waals surface area contributed by atoms with Crippen LogP contribution in [0.3, 0.4) is 0 Å². The molecular weight excluding hydrogens is 438 g/mol. The number of carbonyl (C=O) groups is 1. The van der Waals surface area contributed by atoms with Gasteiger partial charge in [0, 0.05) is 12.6 Å². The second kappa shape index (κ2) is 11.0. The van der Waals surface area contributed by atoms with Gasteiger partial charge in [-0.2, -0.15) is 0 Å². The summed E-state index contributed by atoms with van der Waals surface area (Å²) in [6, 6.07) is 26.7. The molecule has 0 bridgehead atoms. The summed E-state index contributed by atoms with van der Waals surface area (Å²) in [5, 5.41) is 3.68. The Balaban J connectivity index is 1.60. The summed E-state index contributed by atoms with van der Waals surface area (Å²) < 4.78 is 2.75. The van der Waals surface area contributed by atoms with Crippen molar-refractivity contribution in [2.24, 2.45) is 5.92 Å². The van der Waals surface area contributed by atoms with Crippen LogP contribution in [0.4, 0.5) is 0 Å². The Kier molecular flexibility index (Phi) is 7.60. The summed E-state index contributed by atoms with van der Waals surface area (Å²) >= 11 is 0. The monoisotopic (exact) mass is 469 g/mol. The molecule has 6 heteroatoms. The van der Waals surface area contributed by atoms with Crippen LogP contribution in [-0.2, 0) is 30.7 Å². The minimum absolute atomic E-state index is 0.0852. The molecule has 0 fully saturated rings. The first-order chi connectivity index (χ1) is 16.9. The van der Waals surface area contributed by atoms with Gasteiger partial charge in [0.05, 0.1) is 10.8 Å². The van der Waals surface area contributed by atoms with Crippen molar-refractivity contribution in [3.63, 3.8) is 0 Å². The summed E-state index contributed by atoms with van der Waals surface area (Å²) in [7, 11) is 0. The van der Waals surface area contributed by atoms with E-state index in [0.717, 1.165) is 17.5 Å². The van der Waals surface area contributed by atoms with Gasteiger partial charge in [-0.1, -0.05) is 79.7 Å². The van der Waals surface area contributed by atoms with Crippen LogP contribution in [0.25, 0.3) is 10.8 Å². The smallest absolute Gasteiger partial charge is 0.273 e. The van der Waals surface area contributed by atoms with Gasteiger partial charge in [0.2, 0.25) is 5.91 Å². The van der Waals surface area contributed by atoms with Crippen LogP contribution in [-0.4, -0.2) is 21.3 Å². The average molecular weight is 470 g/mol. The molecule has 180 valence electrons. The van der Waals surface area contributed by atoms with Crippen LogP contribution >= 0.6 is 0 Å². The zero-order chi connectivity index (χ0) is 24.8. The highest BCUT2D eigenvalue weighted by molar-refractivity contribution is 5.81. The second-order valence-electron chi connectivity index (χ2n) is 9.25. The van der Waals surface area contributed by atoms with Crippen molar-refractivity contribution in [1.29, 1.82) is 0 Å². The number of carbonyl (C=O) groups excluding carboxylic acids is 1. The number of nitrogens with one attached hydrogen (secondary N) is 1. The van der Waals surface area contributed by atoms with E-state index in [1.807, 2.05) is 74.5 Å². The van der Waals surface area contributed by atoms with Crippen molar-refractivity contribution >= 4 is 16.7 Å². The number of rotatable bonds is 9. The molecule has 4 rings (SSSR count). The fourth-order valence-corrected chi connectivity index (χ4v) is 4.54. The predicted octanol–water partition coefficient (Wildman–Crippen LogP) is 3.79. The van der Waals surface area contributed by atoms with E-state index in [2.05, 4.69) is 5.32 Å². The first-order valence-corrected chi connectivity index (χ1v) is 12.0. The molecule has 1 heterocycles. The summed E-state index contributed by atoms with van der Waals surface area (Å²) in [6.07, 6.45) is 1.44. The van der Waals surface area contributed by atoms with Crippen molar-refractivity contribution in [2.75, 3.05) is 0 Å². The van der Waals surface area contributed by atoms with Gasteiger partial charge in [-0.3, -0.25) is 14.4 Å². The molecule has 0 radical (unpaired) electrons. The summed E-state index contributed by atoms with van der Waals surface area (Å²) in [4.78, 5) is 39.7. The van der Waals surface area contributed by atoms with Crippen LogP contribution in [0.1, 0.15) is 25.0 Å². The highest BCUT2D eigenvalue weighted by atomic mass is 16.2. The van der Waals surface area contributed by atoms with Crippen LogP contribution in [0, 0.1) is 5.92 Å². The maximum Gasteiger partial charge on any atom is 0.273 e. The Hall–Kier alpha value is -3.93. The van der Waals surface area contributed by atoms with Crippen molar-refractivity contribution in [3.05, 3.63) is 117 Å². The van der Waals surface area contributed by atoms with E-state index in [0.29, 0.717) is 23.7 Å². The van der Waals surface area contributed by atoms with Gasteiger partial charge >= 0.3 is 0 Å². The number of benzene rings is 3. The molecule has 0 saturated carbocycles. The van der Waals surface area contributed by atoms with Crippen molar-refractivity contribution in [3.8, 4) is 0 Å². The van der Waals surface area contributed by atoms with Gasteiger partial charge in [-0.05, 0) is 48.9 Å². The van der Waals surface area contributed by atoms with Gasteiger partial charge in [-0.15, -0.1) is 0 Å². The lowest BCUT2D eigenvalue weighted by atomic mass is 10.0. The molecule has 1 unspecified atom stereocenters. The highest BCUT2D eigenvalue weighted by Gasteiger charge is 2.18. The Morgan fingerprint density at radius 2 is 1.20 bits per heavy atom. The average Bonchev–Trinajstić information content (AvgIpc) is 2.85. The van der Waals surface area contributed by atoms with Gasteiger partial charge in [0.1, 0.15) is 6.54 Å². The van der Waals surface area contributed by atoms with E-state index in [9.17, 15) is 14.4 Å². The van der Waals surface area contributed by atoms with Gasteiger partial charge in [0.15, 0.2) is 0 Å². The van der Waals surface area contributed by atoms with Gasteiger partial charge in [0.25, 0.3) is 11.1 Å². The fourth-order valence-electron chi connectivity index (χ4n) is 4.54. The Morgan fingerprint density at radius 3 is 1.77 bits per heavy atom. The van der Waals surface area contributed by atoms with E-state index in [-0.39, 0.29) is 35.5 Å². The van der Waals surface area contributed by atoms with E-state index in [1.165, 1.54) is 9.36 Å². The third-order valence-electron chi connectivity index (χ3n) is 6.15. The van der Waals surface area contributed by atoms with Crippen molar-refractivity contribution < 1.29 is 4.79 Å². The third kappa shape index (κ3) is 5.96. The molecule has 0 aliphatic heterocycles. The third-order valence-corrected chi connectivity index (χ3v) is 6.15. The molecule has 35 heavy (non-hydrogen) atoms. The van der Waals surface area contributed by atoms with Gasteiger partial charge < -0.3 is 5.32 Å². The van der Waals surface area contributed by atoms with E-state index >= 15 is 0 Å². The maximum absolute atomic E-state index is 13.4. The molecule has 6 nitrogen and oxygen atoms in total. The topological polar surface area (TPSA) is 73.1 Å². The first-order valence-electron chi connectivity index (χ1n) is 12.0. The fraction of sp³-hybridized carbons (Fsp3) is 0.276.